The van der Waals surface area contributed by atoms with E-state index in [1.807, 2.05) is 12.1 Å². The van der Waals surface area contributed by atoms with Crippen LogP contribution in [0.1, 0.15) is 30.4 Å². The number of morpholine rings is 1. The summed E-state index contributed by atoms with van der Waals surface area (Å²) in [7, 11) is 0. The fourth-order valence-corrected chi connectivity index (χ4v) is 3.04. The fraction of sp³-hybridized carbons (Fsp3) is 0.412. The second-order valence-corrected chi connectivity index (χ2v) is 6.10. The predicted molar refractivity (Wildman–Crippen MR) is 89.9 cm³/mol. The molecule has 0 bridgehead atoms. The van der Waals surface area contributed by atoms with E-state index in [0.29, 0.717) is 13.2 Å². The van der Waals surface area contributed by atoms with Gasteiger partial charge in [0.25, 0.3) is 0 Å². The van der Waals surface area contributed by atoms with Gasteiger partial charge < -0.3 is 4.74 Å². The summed E-state index contributed by atoms with van der Waals surface area (Å²) < 4.78 is 5.45. The third kappa shape index (κ3) is 4.26. The van der Waals surface area contributed by atoms with Gasteiger partial charge in [-0.2, -0.15) is 0 Å². The molecule has 0 amide bonds. The molecule has 3 atom stereocenters. The molecule has 1 aromatic heterocycles. The molecule has 2 heterocycles. The summed E-state index contributed by atoms with van der Waals surface area (Å²) in [5.74, 6) is 0. The SMILES string of the molecule is CC(NC(c1ccncn1)N1CCOC(Cl)C1)c1ccccc1. The molecule has 1 aliphatic heterocycles. The van der Waals surface area contributed by atoms with E-state index in [2.05, 4.69) is 51.4 Å². The predicted octanol–water partition coefficient (Wildman–Crippen LogP) is 2.72. The van der Waals surface area contributed by atoms with E-state index >= 15 is 0 Å². The molecule has 6 heteroatoms. The zero-order valence-corrected chi connectivity index (χ0v) is 13.9. The summed E-state index contributed by atoms with van der Waals surface area (Å²) in [5.41, 5.74) is 1.89. The van der Waals surface area contributed by atoms with Gasteiger partial charge in [-0.1, -0.05) is 41.9 Å². The number of ether oxygens (including phenoxy) is 1. The van der Waals surface area contributed by atoms with Crippen LogP contribution >= 0.6 is 11.6 Å². The van der Waals surface area contributed by atoms with Crippen molar-refractivity contribution in [1.82, 2.24) is 20.2 Å². The maximum Gasteiger partial charge on any atom is 0.143 e. The van der Waals surface area contributed by atoms with Gasteiger partial charge in [-0.25, -0.2) is 9.97 Å². The molecule has 1 fully saturated rings. The number of alkyl halides is 1. The van der Waals surface area contributed by atoms with Gasteiger partial charge in [0, 0.05) is 25.3 Å². The average Bonchev–Trinajstić information content (AvgIpc) is 2.61. The Labute approximate surface area is 141 Å². The Bertz CT molecular complexity index is 598. The quantitative estimate of drug-likeness (QED) is 0.853. The van der Waals surface area contributed by atoms with E-state index in [0.717, 1.165) is 12.2 Å². The molecular formula is C17H21ClN4O. The van der Waals surface area contributed by atoms with Gasteiger partial charge >= 0.3 is 0 Å². The lowest BCUT2D eigenvalue weighted by Gasteiger charge is -2.37. The maximum absolute atomic E-state index is 6.17. The Morgan fingerprint density at radius 1 is 1.30 bits per heavy atom. The highest BCUT2D eigenvalue weighted by atomic mass is 35.5. The van der Waals surface area contributed by atoms with E-state index in [1.54, 1.807) is 12.5 Å². The van der Waals surface area contributed by atoms with Crippen LogP contribution in [0.5, 0.6) is 0 Å². The van der Waals surface area contributed by atoms with Gasteiger partial charge in [0.15, 0.2) is 0 Å². The Morgan fingerprint density at radius 2 is 2.13 bits per heavy atom. The molecule has 23 heavy (non-hydrogen) atoms. The highest BCUT2D eigenvalue weighted by Crippen LogP contribution is 2.24. The third-order valence-corrected chi connectivity index (χ3v) is 4.28. The van der Waals surface area contributed by atoms with Crippen LogP contribution in [0.25, 0.3) is 0 Å². The van der Waals surface area contributed by atoms with Crippen LogP contribution in [0.4, 0.5) is 0 Å². The number of hydrogen-bond donors (Lipinski definition) is 1. The molecule has 0 spiro atoms. The van der Waals surface area contributed by atoms with Gasteiger partial charge in [-0.05, 0) is 18.6 Å². The molecule has 0 aliphatic carbocycles. The first-order chi connectivity index (χ1) is 11.2. The van der Waals surface area contributed by atoms with Crippen molar-refractivity contribution >= 4 is 11.6 Å². The molecular weight excluding hydrogens is 312 g/mol. The first-order valence-corrected chi connectivity index (χ1v) is 8.24. The number of rotatable bonds is 5. The van der Waals surface area contributed by atoms with Crippen molar-refractivity contribution in [2.45, 2.75) is 24.7 Å². The van der Waals surface area contributed by atoms with Crippen molar-refractivity contribution in [3.63, 3.8) is 0 Å². The zero-order chi connectivity index (χ0) is 16.1. The topological polar surface area (TPSA) is 50.3 Å². The van der Waals surface area contributed by atoms with Gasteiger partial charge in [-0.15, -0.1) is 0 Å². The molecule has 1 N–H and O–H groups in total. The minimum Gasteiger partial charge on any atom is -0.360 e. The molecule has 1 saturated heterocycles. The number of benzene rings is 1. The third-order valence-electron chi connectivity index (χ3n) is 4.01. The standard InChI is InChI=1S/C17H21ClN4O/c1-13(14-5-3-2-4-6-14)21-17(15-7-8-19-12-20-15)22-9-10-23-16(18)11-22/h2-8,12-13,16-17,21H,9-11H2,1H3. The van der Waals surface area contributed by atoms with Crippen LogP contribution in [-0.2, 0) is 4.74 Å². The Kier molecular flexibility index (Phi) is 5.56. The minimum absolute atomic E-state index is 0.0293. The number of nitrogens with zero attached hydrogens (tertiary/aromatic N) is 3. The fourth-order valence-electron chi connectivity index (χ4n) is 2.78. The second kappa shape index (κ2) is 7.84. The molecule has 2 aromatic rings. The number of nitrogens with one attached hydrogen (secondary N) is 1. The van der Waals surface area contributed by atoms with Crippen LogP contribution in [0.3, 0.4) is 0 Å². The molecule has 3 rings (SSSR count). The molecule has 1 aromatic carbocycles. The molecule has 3 unspecified atom stereocenters. The Morgan fingerprint density at radius 3 is 2.83 bits per heavy atom. The maximum atomic E-state index is 6.17. The Hall–Kier alpha value is -1.53. The lowest BCUT2D eigenvalue weighted by Crippen LogP contribution is -2.47. The van der Waals surface area contributed by atoms with Crippen molar-refractivity contribution in [1.29, 1.82) is 0 Å². The number of halogens is 1. The average molecular weight is 333 g/mol. The number of hydrogen-bond acceptors (Lipinski definition) is 5. The molecule has 1 aliphatic rings. The van der Waals surface area contributed by atoms with Crippen LogP contribution in [-0.4, -0.2) is 40.1 Å². The zero-order valence-electron chi connectivity index (χ0n) is 13.1. The molecule has 0 saturated carbocycles. The Balaban J connectivity index is 1.80. The largest absolute Gasteiger partial charge is 0.360 e. The van der Waals surface area contributed by atoms with E-state index < -0.39 is 0 Å². The van der Waals surface area contributed by atoms with E-state index in [-0.39, 0.29) is 17.8 Å². The summed E-state index contributed by atoms with van der Waals surface area (Å²) >= 11 is 6.17. The highest BCUT2D eigenvalue weighted by Gasteiger charge is 2.28. The van der Waals surface area contributed by atoms with Gasteiger partial charge in [0.2, 0.25) is 0 Å². The smallest absolute Gasteiger partial charge is 0.143 e. The minimum atomic E-state index is -0.290. The van der Waals surface area contributed by atoms with Crippen molar-refractivity contribution in [2.24, 2.45) is 0 Å². The van der Waals surface area contributed by atoms with Crippen LogP contribution in [0, 0.1) is 0 Å². The van der Waals surface area contributed by atoms with E-state index in [9.17, 15) is 0 Å². The lowest BCUT2D eigenvalue weighted by molar-refractivity contribution is -0.0152. The van der Waals surface area contributed by atoms with Crippen LogP contribution in [0.2, 0.25) is 0 Å². The van der Waals surface area contributed by atoms with Crippen molar-refractivity contribution in [3.05, 3.63) is 60.2 Å². The van der Waals surface area contributed by atoms with E-state index in [1.165, 1.54) is 5.56 Å². The summed E-state index contributed by atoms with van der Waals surface area (Å²) in [6.45, 7) is 4.25. The molecule has 0 radical (unpaired) electrons. The summed E-state index contributed by atoms with van der Waals surface area (Å²) in [5, 5.41) is 3.66. The van der Waals surface area contributed by atoms with E-state index in [4.69, 9.17) is 16.3 Å². The number of aromatic nitrogens is 2. The highest BCUT2D eigenvalue weighted by molar-refractivity contribution is 6.19. The lowest BCUT2D eigenvalue weighted by atomic mass is 10.1. The second-order valence-electron chi connectivity index (χ2n) is 5.61. The van der Waals surface area contributed by atoms with Gasteiger partial charge in [0.1, 0.15) is 18.1 Å². The normalized spacial score (nSPS) is 21.7. The van der Waals surface area contributed by atoms with Crippen molar-refractivity contribution < 1.29 is 4.74 Å². The molecule has 5 nitrogen and oxygen atoms in total. The summed E-state index contributed by atoms with van der Waals surface area (Å²) in [4.78, 5) is 10.7. The van der Waals surface area contributed by atoms with Gasteiger partial charge in [0.05, 0.1) is 12.3 Å². The van der Waals surface area contributed by atoms with Crippen molar-refractivity contribution in [2.75, 3.05) is 19.7 Å². The first kappa shape index (κ1) is 16.3. The van der Waals surface area contributed by atoms with Gasteiger partial charge in [-0.3, -0.25) is 10.2 Å². The monoisotopic (exact) mass is 332 g/mol. The van der Waals surface area contributed by atoms with Crippen LogP contribution in [0.15, 0.2) is 48.9 Å². The summed E-state index contributed by atoms with van der Waals surface area (Å²) in [6.07, 6.45) is 3.32. The van der Waals surface area contributed by atoms with Crippen molar-refractivity contribution in [3.8, 4) is 0 Å². The first-order valence-electron chi connectivity index (χ1n) is 7.80. The molecule has 122 valence electrons. The van der Waals surface area contributed by atoms with Crippen LogP contribution < -0.4 is 5.32 Å². The summed E-state index contributed by atoms with van der Waals surface area (Å²) in [6, 6.07) is 12.5.